The van der Waals surface area contributed by atoms with E-state index in [1.807, 2.05) is 6.07 Å². The number of benzene rings is 1. The molecular weight excluding hydrogens is 240 g/mol. The predicted octanol–water partition coefficient (Wildman–Crippen LogP) is 2.33. The van der Waals surface area contributed by atoms with Gasteiger partial charge in [0.15, 0.2) is 0 Å². The van der Waals surface area contributed by atoms with E-state index in [1.54, 1.807) is 18.2 Å². The maximum absolute atomic E-state index is 11.8. The van der Waals surface area contributed by atoms with Gasteiger partial charge in [0.05, 0.1) is 11.3 Å². The molecule has 2 rings (SSSR count). The van der Waals surface area contributed by atoms with E-state index in [0.717, 1.165) is 6.42 Å². The van der Waals surface area contributed by atoms with Gasteiger partial charge in [-0.2, -0.15) is 5.26 Å². The van der Waals surface area contributed by atoms with Gasteiger partial charge >= 0.3 is 0 Å². The van der Waals surface area contributed by atoms with Crippen molar-refractivity contribution in [3.8, 4) is 6.07 Å². The van der Waals surface area contributed by atoms with E-state index in [0.29, 0.717) is 29.3 Å². The minimum absolute atomic E-state index is 0.221. The van der Waals surface area contributed by atoms with Crippen molar-refractivity contribution in [3.05, 3.63) is 28.8 Å². The Kier molecular flexibility index (Phi) is 3.62. The van der Waals surface area contributed by atoms with Gasteiger partial charge < -0.3 is 10.1 Å². The zero-order valence-corrected chi connectivity index (χ0v) is 9.83. The van der Waals surface area contributed by atoms with E-state index in [9.17, 15) is 4.79 Å². The second kappa shape index (κ2) is 5.17. The first kappa shape index (κ1) is 11.9. The van der Waals surface area contributed by atoms with Gasteiger partial charge in [-0.25, -0.2) is 0 Å². The number of carbonyl (C=O) groups excluding carboxylic acids is 1. The molecule has 1 aliphatic heterocycles. The minimum Gasteiger partial charge on any atom is -0.368 e. The first-order valence-corrected chi connectivity index (χ1v) is 5.70. The number of nitrogens with zero attached hydrogens (tertiary/aromatic N) is 1. The summed E-state index contributed by atoms with van der Waals surface area (Å²) in [6.07, 6.45) is 1.19. The van der Waals surface area contributed by atoms with E-state index in [4.69, 9.17) is 21.6 Å². The Morgan fingerprint density at radius 1 is 1.59 bits per heavy atom. The summed E-state index contributed by atoms with van der Waals surface area (Å²) < 4.78 is 5.26. The third-order valence-electron chi connectivity index (χ3n) is 2.58. The normalized spacial score (nSPS) is 18.7. The summed E-state index contributed by atoms with van der Waals surface area (Å²) in [4.78, 5) is 11.8. The van der Waals surface area contributed by atoms with Crippen molar-refractivity contribution >= 4 is 23.2 Å². The number of ether oxygens (including phenoxy) is 1. The maximum Gasteiger partial charge on any atom is 0.253 e. The van der Waals surface area contributed by atoms with Gasteiger partial charge in [0.2, 0.25) is 0 Å². The van der Waals surface area contributed by atoms with Gasteiger partial charge in [-0.05, 0) is 31.0 Å². The summed E-state index contributed by atoms with van der Waals surface area (Å²) in [7, 11) is 0. The number of hydrogen-bond acceptors (Lipinski definition) is 3. The van der Waals surface area contributed by atoms with E-state index in [2.05, 4.69) is 5.32 Å². The quantitative estimate of drug-likeness (QED) is 0.876. The average molecular weight is 251 g/mol. The number of rotatable bonds is 2. The second-order valence-corrected chi connectivity index (χ2v) is 4.23. The fourth-order valence-electron chi connectivity index (χ4n) is 1.72. The number of nitriles is 1. The Morgan fingerprint density at radius 3 is 3.06 bits per heavy atom. The fraction of sp³-hybridized carbons (Fsp3) is 0.333. The molecular formula is C12H11ClN2O2. The lowest BCUT2D eigenvalue weighted by Crippen LogP contribution is -2.27. The summed E-state index contributed by atoms with van der Waals surface area (Å²) >= 11 is 5.82. The minimum atomic E-state index is -0.416. The third-order valence-corrected chi connectivity index (χ3v) is 2.82. The van der Waals surface area contributed by atoms with E-state index < -0.39 is 6.10 Å². The van der Waals surface area contributed by atoms with Crippen molar-refractivity contribution in [3.63, 3.8) is 0 Å². The van der Waals surface area contributed by atoms with Crippen LogP contribution in [0.4, 0.5) is 5.69 Å². The van der Waals surface area contributed by atoms with Crippen molar-refractivity contribution in [2.75, 3.05) is 11.9 Å². The smallest absolute Gasteiger partial charge is 0.253 e. The SMILES string of the molecule is N#Cc1ccc(Cl)cc1NC(=O)[C@@H]1CCCO1. The lowest BCUT2D eigenvalue weighted by Gasteiger charge is -2.11. The van der Waals surface area contributed by atoms with Crippen LogP contribution in [0.5, 0.6) is 0 Å². The second-order valence-electron chi connectivity index (χ2n) is 3.79. The number of carbonyl (C=O) groups is 1. The van der Waals surface area contributed by atoms with Crippen molar-refractivity contribution in [2.24, 2.45) is 0 Å². The Bertz CT molecular complexity index is 476. The van der Waals surface area contributed by atoms with Crippen molar-refractivity contribution < 1.29 is 9.53 Å². The summed E-state index contributed by atoms with van der Waals surface area (Å²) in [5.41, 5.74) is 0.821. The lowest BCUT2D eigenvalue weighted by atomic mass is 10.1. The molecule has 17 heavy (non-hydrogen) atoms. The van der Waals surface area contributed by atoms with Crippen LogP contribution in [-0.4, -0.2) is 18.6 Å². The molecule has 0 unspecified atom stereocenters. The molecule has 1 heterocycles. The average Bonchev–Trinajstić information content (AvgIpc) is 2.83. The number of hydrogen-bond donors (Lipinski definition) is 1. The number of nitrogens with one attached hydrogen (secondary N) is 1. The molecule has 1 atom stereocenters. The van der Waals surface area contributed by atoms with Gasteiger partial charge in [-0.15, -0.1) is 0 Å². The third kappa shape index (κ3) is 2.76. The molecule has 1 aromatic rings. The zero-order chi connectivity index (χ0) is 12.3. The molecule has 0 aromatic heterocycles. The topological polar surface area (TPSA) is 62.1 Å². The summed E-state index contributed by atoms with van der Waals surface area (Å²) in [6.45, 7) is 0.610. The Labute approximate surface area is 104 Å². The molecule has 1 fully saturated rings. The molecule has 5 heteroatoms. The molecule has 0 bridgehead atoms. The zero-order valence-electron chi connectivity index (χ0n) is 9.07. The standard InChI is InChI=1S/C12H11ClN2O2/c13-9-4-3-8(7-14)10(6-9)15-12(16)11-2-1-5-17-11/h3-4,6,11H,1-2,5H2,(H,15,16)/t11-/m0/s1. The molecule has 1 N–H and O–H groups in total. The molecule has 1 amide bonds. The summed E-state index contributed by atoms with van der Waals surface area (Å²) in [6, 6.07) is 6.76. The highest BCUT2D eigenvalue weighted by Gasteiger charge is 2.24. The lowest BCUT2D eigenvalue weighted by molar-refractivity contribution is -0.124. The first-order valence-electron chi connectivity index (χ1n) is 5.33. The predicted molar refractivity (Wildman–Crippen MR) is 63.8 cm³/mol. The highest BCUT2D eigenvalue weighted by Crippen LogP contribution is 2.22. The maximum atomic E-state index is 11.8. The first-order chi connectivity index (χ1) is 8.20. The molecule has 1 aliphatic rings. The van der Waals surface area contributed by atoms with Crippen LogP contribution in [0.2, 0.25) is 5.02 Å². The number of halogens is 1. The van der Waals surface area contributed by atoms with Crippen molar-refractivity contribution in [2.45, 2.75) is 18.9 Å². The molecule has 0 spiro atoms. The van der Waals surface area contributed by atoms with Gasteiger partial charge in [-0.3, -0.25) is 4.79 Å². The van der Waals surface area contributed by atoms with Crippen molar-refractivity contribution in [1.29, 1.82) is 5.26 Å². The van der Waals surface area contributed by atoms with Gasteiger partial charge in [0, 0.05) is 11.6 Å². The van der Waals surface area contributed by atoms with Gasteiger partial charge in [-0.1, -0.05) is 11.6 Å². The van der Waals surface area contributed by atoms with Crippen LogP contribution in [0.3, 0.4) is 0 Å². The monoisotopic (exact) mass is 250 g/mol. The summed E-state index contributed by atoms with van der Waals surface area (Å²) in [5.74, 6) is -0.221. The largest absolute Gasteiger partial charge is 0.368 e. The highest BCUT2D eigenvalue weighted by molar-refractivity contribution is 6.31. The van der Waals surface area contributed by atoms with Crippen LogP contribution in [0, 0.1) is 11.3 Å². The fourth-order valence-corrected chi connectivity index (χ4v) is 1.89. The van der Waals surface area contributed by atoms with E-state index in [-0.39, 0.29) is 5.91 Å². The number of amides is 1. The Morgan fingerprint density at radius 2 is 2.41 bits per heavy atom. The van der Waals surface area contributed by atoms with Crippen LogP contribution in [0.15, 0.2) is 18.2 Å². The van der Waals surface area contributed by atoms with Gasteiger partial charge in [0.25, 0.3) is 5.91 Å². The van der Waals surface area contributed by atoms with Gasteiger partial charge in [0.1, 0.15) is 12.2 Å². The molecule has 1 aromatic carbocycles. The van der Waals surface area contributed by atoms with Crippen LogP contribution in [0.1, 0.15) is 18.4 Å². The molecule has 0 radical (unpaired) electrons. The van der Waals surface area contributed by atoms with Crippen molar-refractivity contribution in [1.82, 2.24) is 0 Å². The van der Waals surface area contributed by atoms with E-state index >= 15 is 0 Å². The molecule has 0 aliphatic carbocycles. The number of anilines is 1. The highest BCUT2D eigenvalue weighted by atomic mass is 35.5. The molecule has 0 saturated carbocycles. The van der Waals surface area contributed by atoms with Crippen LogP contribution in [-0.2, 0) is 9.53 Å². The Hall–Kier alpha value is -1.57. The Balaban J connectivity index is 2.15. The molecule has 88 valence electrons. The molecule has 1 saturated heterocycles. The van der Waals surface area contributed by atoms with E-state index in [1.165, 1.54) is 0 Å². The molecule has 4 nitrogen and oxygen atoms in total. The van der Waals surface area contributed by atoms with Crippen LogP contribution < -0.4 is 5.32 Å². The summed E-state index contributed by atoms with van der Waals surface area (Å²) in [5, 5.41) is 12.1. The van der Waals surface area contributed by atoms with Crippen LogP contribution >= 0.6 is 11.6 Å². The van der Waals surface area contributed by atoms with Crippen LogP contribution in [0.25, 0.3) is 0 Å².